The van der Waals surface area contributed by atoms with Crippen molar-refractivity contribution in [3.05, 3.63) is 17.0 Å². The summed E-state index contributed by atoms with van der Waals surface area (Å²) in [5.74, 6) is -1.15. The van der Waals surface area contributed by atoms with Crippen molar-refractivity contribution in [3.8, 4) is 0 Å². The van der Waals surface area contributed by atoms with Crippen molar-refractivity contribution in [2.24, 2.45) is 0 Å². The number of carbonyl (C=O) groups excluding carboxylic acids is 2. The Morgan fingerprint density at radius 3 is 2.32 bits per heavy atom. The summed E-state index contributed by atoms with van der Waals surface area (Å²) in [6.45, 7) is 9.84. The van der Waals surface area contributed by atoms with Gasteiger partial charge in [0.25, 0.3) is 0 Å². The molecule has 2 bridgehead atoms. The van der Waals surface area contributed by atoms with E-state index in [0.717, 1.165) is 0 Å². The summed E-state index contributed by atoms with van der Waals surface area (Å²) in [5.41, 5.74) is -0.297. The zero-order valence-electron chi connectivity index (χ0n) is 19.7. The number of alkyl carbamates (subject to hydrolysis) is 1. The van der Waals surface area contributed by atoms with Crippen LogP contribution in [-0.2, 0) is 36.2 Å². The average Bonchev–Trinajstić information content (AvgIpc) is 3.10. The number of urea groups is 1. The fourth-order valence-electron chi connectivity index (χ4n) is 4.20. The minimum absolute atomic E-state index is 0.0378. The van der Waals surface area contributed by atoms with Crippen LogP contribution in [0.15, 0.2) is 0 Å². The van der Waals surface area contributed by atoms with Crippen LogP contribution >= 0.6 is 0 Å². The van der Waals surface area contributed by atoms with Crippen LogP contribution in [0.4, 0.5) is 9.59 Å². The van der Waals surface area contributed by atoms with Crippen LogP contribution in [0.5, 0.6) is 0 Å². The molecule has 0 aliphatic carbocycles. The van der Waals surface area contributed by atoms with Gasteiger partial charge in [-0.2, -0.15) is 18.6 Å². The molecule has 1 fully saturated rings. The molecule has 15 heteroatoms. The molecule has 0 unspecified atom stereocenters. The zero-order valence-corrected chi connectivity index (χ0v) is 20.5. The summed E-state index contributed by atoms with van der Waals surface area (Å²) in [5, 5.41) is 17.0. The van der Waals surface area contributed by atoms with E-state index in [9.17, 15) is 32.5 Å². The molecule has 3 rings (SSSR count). The Hall–Kier alpha value is -2.91. The van der Waals surface area contributed by atoms with Gasteiger partial charge >= 0.3 is 28.5 Å². The normalized spacial score (nSPS) is 20.4. The van der Waals surface area contributed by atoms with Crippen LogP contribution in [0.1, 0.15) is 70.6 Å². The molecular formula is C19H29N5O9S. The molecule has 34 heavy (non-hydrogen) atoms. The standard InChI is InChI=1S/C19H29N5O9S/c1-18(2,3)15-13-11-8-22(17(28)24(11)33-34(29,30)31)10(7-20-16(27)32-19(4,5)6)14(13)21-23(15)9-12(25)26/h10-11H,7-9H2,1-6H3,(H,20,27)(H,25,26)(H,29,30,31)/t10-,11-/m1/s1. The minimum atomic E-state index is -5.04. The van der Waals surface area contributed by atoms with Crippen LogP contribution in [0.3, 0.4) is 0 Å². The van der Waals surface area contributed by atoms with Crippen molar-refractivity contribution < 1.29 is 41.5 Å². The Kier molecular flexibility index (Phi) is 6.34. The van der Waals surface area contributed by atoms with Gasteiger partial charge in [0, 0.05) is 17.5 Å². The summed E-state index contributed by atoms with van der Waals surface area (Å²) in [4.78, 5) is 38.0. The topological polar surface area (TPSA) is 181 Å². The lowest BCUT2D eigenvalue weighted by Gasteiger charge is -2.31. The van der Waals surface area contributed by atoms with E-state index < -0.39 is 58.1 Å². The van der Waals surface area contributed by atoms with Crippen molar-refractivity contribution in [3.63, 3.8) is 0 Å². The van der Waals surface area contributed by atoms with Gasteiger partial charge in [0.1, 0.15) is 18.2 Å². The molecule has 3 amide bonds. The third-order valence-corrected chi connectivity index (χ3v) is 5.49. The van der Waals surface area contributed by atoms with Crippen molar-refractivity contribution in [2.45, 2.75) is 71.2 Å². The number of carboxylic acids is 1. The highest BCUT2D eigenvalue weighted by molar-refractivity contribution is 7.80. The molecule has 3 heterocycles. The van der Waals surface area contributed by atoms with E-state index in [0.29, 0.717) is 16.3 Å². The van der Waals surface area contributed by atoms with Crippen LogP contribution in [0, 0.1) is 0 Å². The predicted molar refractivity (Wildman–Crippen MR) is 115 cm³/mol. The van der Waals surface area contributed by atoms with Gasteiger partial charge < -0.3 is 20.1 Å². The second-order valence-corrected chi connectivity index (χ2v) is 11.1. The number of nitrogens with zero attached hydrogens (tertiary/aromatic N) is 4. The van der Waals surface area contributed by atoms with E-state index in [4.69, 9.17) is 4.74 Å². The first kappa shape index (κ1) is 25.7. The maximum absolute atomic E-state index is 13.0. The first-order valence-electron chi connectivity index (χ1n) is 10.5. The Bertz CT molecular complexity index is 1120. The quantitative estimate of drug-likeness (QED) is 0.479. The Morgan fingerprint density at radius 1 is 1.21 bits per heavy atom. The van der Waals surface area contributed by atoms with Gasteiger partial charge in [-0.1, -0.05) is 20.8 Å². The van der Waals surface area contributed by atoms with Crippen LogP contribution in [0.2, 0.25) is 0 Å². The second-order valence-electron chi connectivity index (χ2n) is 10.1. The Balaban J connectivity index is 2.11. The van der Waals surface area contributed by atoms with Gasteiger partial charge in [0.05, 0.1) is 24.0 Å². The van der Waals surface area contributed by atoms with E-state index in [1.54, 1.807) is 20.8 Å². The number of hydrogen-bond donors (Lipinski definition) is 3. The molecule has 2 aliphatic heterocycles. The largest absolute Gasteiger partial charge is 0.480 e. The lowest BCUT2D eigenvalue weighted by atomic mass is 9.84. The van der Waals surface area contributed by atoms with Crippen LogP contribution < -0.4 is 5.32 Å². The highest BCUT2D eigenvalue weighted by Crippen LogP contribution is 2.47. The maximum atomic E-state index is 13.0. The monoisotopic (exact) mass is 503 g/mol. The van der Waals surface area contributed by atoms with Crippen molar-refractivity contribution in [1.82, 2.24) is 25.1 Å². The lowest BCUT2D eigenvalue weighted by molar-refractivity contribution is -0.138. The second kappa shape index (κ2) is 8.39. The maximum Gasteiger partial charge on any atom is 0.418 e. The molecule has 1 aromatic rings. The van der Waals surface area contributed by atoms with Gasteiger partial charge in [0.2, 0.25) is 0 Å². The Morgan fingerprint density at radius 2 is 1.82 bits per heavy atom. The number of carbonyl (C=O) groups is 3. The van der Waals surface area contributed by atoms with E-state index in [-0.39, 0.29) is 18.8 Å². The molecule has 3 N–H and O–H groups in total. The summed E-state index contributed by atoms with van der Waals surface area (Å²) in [6, 6.07) is -2.72. The van der Waals surface area contributed by atoms with Crippen LogP contribution in [0.25, 0.3) is 0 Å². The fraction of sp³-hybridized carbons (Fsp3) is 0.684. The molecule has 1 aromatic heterocycles. The van der Waals surface area contributed by atoms with Gasteiger partial charge in [0.15, 0.2) is 0 Å². The average molecular weight is 504 g/mol. The molecule has 14 nitrogen and oxygen atoms in total. The predicted octanol–water partition coefficient (Wildman–Crippen LogP) is 1.36. The van der Waals surface area contributed by atoms with E-state index >= 15 is 0 Å². The first-order valence-corrected chi connectivity index (χ1v) is 11.8. The van der Waals surface area contributed by atoms with E-state index in [1.165, 1.54) is 9.58 Å². The number of ether oxygens (including phenoxy) is 1. The summed E-state index contributed by atoms with van der Waals surface area (Å²) >= 11 is 0. The number of hydrogen-bond acceptors (Lipinski definition) is 8. The molecule has 0 radical (unpaired) electrons. The molecular weight excluding hydrogens is 474 g/mol. The SMILES string of the molecule is CC(C)(C)OC(=O)NC[C@@H]1c2nn(CC(=O)O)c(C(C)(C)C)c2[C@H]2CN1C(=O)N2OS(=O)(=O)O. The molecule has 0 aromatic carbocycles. The number of aliphatic carboxylic acids is 1. The highest BCUT2D eigenvalue weighted by atomic mass is 32.3. The van der Waals surface area contributed by atoms with Crippen molar-refractivity contribution >= 4 is 28.5 Å². The number of rotatable bonds is 6. The number of fused-ring (bicyclic) bond motifs is 4. The molecule has 1 saturated heterocycles. The van der Waals surface area contributed by atoms with Gasteiger partial charge in [-0.15, -0.1) is 4.28 Å². The van der Waals surface area contributed by atoms with Gasteiger partial charge in [-0.05, 0) is 20.8 Å². The van der Waals surface area contributed by atoms with Crippen molar-refractivity contribution in [1.29, 1.82) is 0 Å². The van der Waals surface area contributed by atoms with Gasteiger partial charge in [-0.3, -0.25) is 14.0 Å². The smallest absolute Gasteiger partial charge is 0.418 e. The molecule has 0 spiro atoms. The van der Waals surface area contributed by atoms with Crippen molar-refractivity contribution in [2.75, 3.05) is 13.1 Å². The van der Waals surface area contributed by atoms with Crippen LogP contribution in [-0.4, -0.2) is 74.6 Å². The van der Waals surface area contributed by atoms with E-state index in [1.807, 2.05) is 20.8 Å². The number of carboxylic acid groups (broad SMARTS) is 1. The fourth-order valence-corrected chi connectivity index (χ4v) is 4.57. The lowest BCUT2D eigenvalue weighted by Crippen LogP contribution is -2.42. The third kappa shape index (κ3) is 5.26. The van der Waals surface area contributed by atoms with Gasteiger partial charge in [-0.25, -0.2) is 9.59 Å². The molecule has 2 atom stereocenters. The number of aromatic nitrogens is 2. The summed E-state index contributed by atoms with van der Waals surface area (Å²) in [6.07, 6.45) is -0.741. The Labute approximate surface area is 196 Å². The molecule has 190 valence electrons. The molecule has 0 saturated carbocycles. The number of amides is 3. The third-order valence-electron chi connectivity index (χ3n) is 5.14. The van der Waals surface area contributed by atoms with E-state index in [2.05, 4.69) is 14.7 Å². The summed E-state index contributed by atoms with van der Waals surface area (Å²) in [7, 11) is -5.04. The zero-order chi connectivity index (χ0) is 25.8. The molecule has 2 aliphatic rings. The highest BCUT2D eigenvalue weighted by Gasteiger charge is 2.54. The number of nitrogens with one attached hydrogen (secondary N) is 1. The first-order chi connectivity index (χ1) is 15.4. The minimum Gasteiger partial charge on any atom is -0.480 e. The number of hydroxylamine groups is 2. The summed E-state index contributed by atoms with van der Waals surface area (Å²) < 4.78 is 43.2.